The highest BCUT2D eigenvalue weighted by atomic mass is 16.2. The average Bonchev–Trinajstić information content (AvgIpc) is 2.56. The van der Waals surface area contributed by atoms with Crippen molar-refractivity contribution in [2.24, 2.45) is 5.92 Å². The van der Waals surface area contributed by atoms with Crippen LogP contribution in [0.4, 0.5) is 0 Å². The zero-order chi connectivity index (χ0) is 12.0. The molecule has 0 aromatic carbocycles. The summed E-state index contributed by atoms with van der Waals surface area (Å²) in [6, 6.07) is -0.319. The van der Waals surface area contributed by atoms with E-state index in [4.69, 9.17) is 0 Å². The molecule has 3 heteroatoms. The third-order valence-electron chi connectivity index (χ3n) is 3.42. The first kappa shape index (κ1) is 13.2. The van der Waals surface area contributed by atoms with Crippen LogP contribution in [0, 0.1) is 5.92 Å². The number of rotatable bonds is 4. The molecule has 0 aromatic rings. The van der Waals surface area contributed by atoms with Gasteiger partial charge in [-0.15, -0.1) is 0 Å². The Balaban J connectivity index is 2.41. The van der Waals surface area contributed by atoms with E-state index in [1.54, 1.807) is 6.92 Å². The number of carbonyl (C=O) groups excluding carboxylic acids is 2. The van der Waals surface area contributed by atoms with Gasteiger partial charge in [-0.3, -0.25) is 9.59 Å². The summed E-state index contributed by atoms with van der Waals surface area (Å²) in [6.45, 7) is 3.61. The average molecular weight is 225 g/mol. The summed E-state index contributed by atoms with van der Waals surface area (Å²) in [5, 5.41) is 2.84. The fraction of sp³-hybridized carbons (Fsp3) is 0.846. The van der Waals surface area contributed by atoms with E-state index >= 15 is 0 Å². The van der Waals surface area contributed by atoms with Gasteiger partial charge in [0.2, 0.25) is 5.91 Å². The topological polar surface area (TPSA) is 46.2 Å². The second-order valence-corrected chi connectivity index (χ2v) is 4.74. The highest BCUT2D eigenvalue weighted by Crippen LogP contribution is 2.22. The molecule has 1 aliphatic rings. The lowest BCUT2D eigenvalue weighted by Gasteiger charge is -2.17. The fourth-order valence-electron chi connectivity index (χ4n) is 2.26. The smallest absolute Gasteiger partial charge is 0.223 e. The highest BCUT2D eigenvalue weighted by Gasteiger charge is 2.22. The van der Waals surface area contributed by atoms with Gasteiger partial charge in [-0.2, -0.15) is 0 Å². The minimum Gasteiger partial charge on any atom is -0.346 e. The van der Waals surface area contributed by atoms with Crippen molar-refractivity contribution in [3.63, 3.8) is 0 Å². The molecule has 0 aromatic heterocycles. The van der Waals surface area contributed by atoms with E-state index in [1.165, 1.54) is 12.8 Å². The van der Waals surface area contributed by atoms with Gasteiger partial charge in [0.25, 0.3) is 0 Å². The number of hydrogen-bond acceptors (Lipinski definition) is 2. The Hall–Kier alpha value is -0.860. The first-order valence-corrected chi connectivity index (χ1v) is 6.48. The molecule has 1 unspecified atom stereocenters. The minimum atomic E-state index is -0.319. The quantitative estimate of drug-likeness (QED) is 0.747. The lowest BCUT2D eigenvalue weighted by atomic mass is 9.99. The fourth-order valence-corrected chi connectivity index (χ4v) is 2.26. The number of Topliss-reactive ketones (excluding diaryl/α,β-unsaturated/α-hetero) is 1. The molecule has 0 heterocycles. The van der Waals surface area contributed by atoms with Crippen molar-refractivity contribution in [1.82, 2.24) is 5.32 Å². The van der Waals surface area contributed by atoms with Crippen LogP contribution in [0.3, 0.4) is 0 Å². The van der Waals surface area contributed by atoms with Gasteiger partial charge >= 0.3 is 0 Å². The summed E-state index contributed by atoms with van der Waals surface area (Å²) < 4.78 is 0. The summed E-state index contributed by atoms with van der Waals surface area (Å²) in [7, 11) is 0. The van der Waals surface area contributed by atoms with Crippen molar-refractivity contribution in [2.45, 2.75) is 64.8 Å². The van der Waals surface area contributed by atoms with Gasteiger partial charge in [0.1, 0.15) is 0 Å². The van der Waals surface area contributed by atoms with E-state index in [0.29, 0.717) is 6.42 Å². The number of hydrogen-bond donors (Lipinski definition) is 1. The van der Waals surface area contributed by atoms with Gasteiger partial charge < -0.3 is 5.32 Å². The molecule has 0 spiro atoms. The predicted molar refractivity (Wildman–Crippen MR) is 64.1 cm³/mol. The van der Waals surface area contributed by atoms with Crippen molar-refractivity contribution in [1.29, 1.82) is 0 Å². The Labute approximate surface area is 98.0 Å². The zero-order valence-corrected chi connectivity index (χ0v) is 10.4. The number of ketones is 1. The van der Waals surface area contributed by atoms with Crippen LogP contribution in [0.5, 0.6) is 0 Å². The molecule has 0 radical (unpaired) electrons. The molecule has 1 rings (SSSR count). The number of nitrogens with one attached hydrogen (secondary N) is 1. The highest BCUT2D eigenvalue weighted by molar-refractivity contribution is 5.89. The number of carbonyl (C=O) groups is 2. The van der Waals surface area contributed by atoms with Crippen LogP contribution in [0.15, 0.2) is 0 Å². The maximum absolute atomic E-state index is 11.9. The monoisotopic (exact) mass is 225 g/mol. The molecule has 92 valence electrons. The van der Waals surface area contributed by atoms with E-state index in [2.05, 4.69) is 5.32 Å². The van der Waals surface area contributed by atoms with E-state index < -0.39 is 0 Å². The molecular formula is C13H23NO2. The maximum atomic E-state index is 11.9. The van der Waals surface area contributed by atoms with Crippen LogP contribution in [-0.2, 0) is 9.59 Å². The Kier molecular flexibility index (Phi) is 5.50. The van der Waals surface area contributed by atoms with Gasteiger partial charge in [-0.05, 0) is 19.8 Å². The molecule has 0 bridgehead atoms. The summed E-state index contributed by atoms with van der Waals surface area (Å²) in [4.78, 5) is 23.3. The van der Waals surface area contributed by atoms with Crippen LogP contribution in [0.2, 0.25) is 0 Å². The van der Waals surface area contributed by atoms with Crippen LogP contribution in [-0.4, -0.2) is 17.7 Å². The van der Waals surface area contributed by atoms with Crippen molar-refractivity contribution in [2.75, 3.05) is 0 Å². The van der Waals surface area contributed by atoms with Gasteiger partial charge in [0.15, 0.2) is 5.78 Å². The Morgan fingerprint density at radius 3 is 2.25 bits per heavy atom. The number of amides is 1. The summed E-state index contributed by atoms with van der Waals surface area (Å²) in [6.07, 6.45) is 7.24. The first-order valence-electron chi connectivity index (χ1n) is 6.48. The molecule has 0 saturated heterocycles. The molecule has 3 nitrogen and oxygen atoms in total. The lowest BCUT2D eigenvalue weighted by molar-refractivity contribution is -0.130. The molecule has 1 N–H and O–H groups in total. The third-order valence-corrected chi connectivity index (χ3v) is 3.42. The third kappa shape index (κ3) is 3.95. The van der Waals surface area contributed by atoms with Crippen LogP contribution >= 0.6 is 0 Å². The molecule has 1 fully saturated rings. The zero-order valence-electron chi connectivity index (χ0n) is 10.4. The van der Waals surface area contributed by atoms with Crippen molar-refractivity contribution in [3.8, 4) is 0 Å². The van der Waals surface area contributed by atoms with Crippen molar-refractivity contribution in [3.05, 3.63) is 0 Å². The SMILES string of the molecule is CCC(=O)C(C)NC(=O)C1CCCCCC1. The Morgan fingerprint density at radius 1 is 1.19 bits per heavy atom. The molecule has 1 amide bonds. The molecule has 0 aliphatic heterocycles. The Morgan fingerprint density at radius 2 is 1.75 bits per heavy atom. The maximum Gasteiger partial charge on any atom is 0.223 e. The van der Waals surface area contributed by atoms with Crippen molar-refractivity contribution >= 4 is 11.7 Å². The van der Waals surface area contributed by atoms with Gasteiger partial charge in [0, 0.05) is 12.3 Å². The second kappa shape index (κ2) is 6.66. The van der Waals surface area contributed by atoms with Crippen molar-refractivity contribution < 1.29 is 9.59 Å². The summed E-state index contributed by atoms with van der Waals surface area (Å²) >= 11 is 0. The lowest BCUT2D eigenvalue weighted by Crippen LogP contribution is -2.41. The molecular weight excluding hydrogens is 202 g/mol. The second-order valence-electron chi connectivity index (χ2n) is 4.74. The normalized spacial score (nSPS) is 19.9. The van der Waals surface area contributed by atoms with E-state index in [-0.39, 0.29) is 23.7 Å². The van der Waals surface area contributed by atoms with Crippen LogP contribution < -0.4 is 5.32 Å². The predicted octanol–water partition coefficient (Wildman–Crippen LogP) is 2.44. The minimum absolute atomic E-state index is 0.0798. The van der Waals surface area contributed by atoms with Gasteiger partial charge in [0.05, 0.1) is 6.04 Å². The summed E-state index contributed by atoms with van der Waals surface area (Å²) in [5.41, 5.74) is 0. The summed E-state index contributed by atoms with van der Waals surface area (Å²) in [5.74, 6) is 0.327. The van der Waals surface area contributed by atoms with Gasteiger partial charge in [-0.25, -0.2) is 0 Å². The molecule has 1 saturated carbocycles. The van der Waals surface area contributed by atoms with E-state index in [9.17, 15) is 9.59 Å². The molecule has 1 atom stereocenters. The van der Waals surface area contributed by atoms with Gasteiger partial charge in [-0.1, -0.05) is 32.6 Å². The van der Waals surface area contributed by atoms with Crippen LogP contribution in [0.25, 0.3) is 0 Å². The van der Waals surface area contributed by atoms with E-state index in [0.717, 1.165) is 25.7 Å². The molecule has 16 heavy (non-hydrogen) atoms. The molecule has 1 aliphatic carbocycles. The van der Waals surface area contributed by atoms with Crippen LogP contribution in [0.1, 0.15) is 58.8 Å². The largest absolute Gasteiger partial charge is 0.346 e. The standard InChI is InChI=1S/C13H23NO2/c1-3-12(15)10(2)14-13(16)11-8-6-4-5-7-9-11/h10-11H,3-9H2,1-2H3,(H,14,16). The Bertz CT molecular complexity index is 242. The van der Waals surface area contributed by atoms with E-state index in [1.807, 2.05) is 6.92 Å². The first-order chi connectivity index (χ1) is 7.65.